The van der Waals surface area contributed by atoms with Crippen LogP contribution in [0.3, 0.4) is 0 Å². The molecule has 0 saturated carbocycles. The first-order valence-electron chi connectivity index (χ1n) is 17.3. The second-order valence-electron chi connectivity index (χ2n) is 12.8. The molecule has 0 aliphatic carbocycles. The number of halogens is 2. The Morgan fingerprint density at radius 3 is 1.30 bits per heavy atom. The molecule has 4 heterocycles. The average molecular weight is 769 g/mol. The van der Waals surface area contributed by atoms with E-state index in [-0.39, 0.29) is 11.8 Å². The van der Waals surface area contributed by atoms with Crippen LogP contribution in [0.1, 0.15) is 140 Å². The molecule has 0 N–H and O–H groups in total. The van der Waals surface area contributed by atoms with E-state index in [1.807, 2.05) is 9.80 Å². The molecule has 4 nitrogen and oxygen atoms in total. The maximum absolute atomic E-state index is 14.4. The van der Waals surface area contributed by atoms with Crippen molar-refractivity contribution in [1.82, 2.24) is 0 Å². The van der Waals surface area contributed by atoms with Gasteiger partial charge in [-0.15, -0.1) is 22.7 Å². The summed E-state index contributed by atoms with van der Waals surface area (Å²) < 4.78 is 2.01. The molecule has 2 atom stereocenters. The predicted octanol–water partition coefficient (Wildman–Crippen LogP) is 12.5. The Labute approximate surface area is 291 Å². The van der Waals surface area contributed by atoms with Crippen molar-refractivity contribution in [2.45, 2.75) is 130 Å². The fraction of sp³-hybridized carbons (Fsp3) is 0.667. The SMILES string of the molecule is CCCCCCC(CCCC)CN1C(=O)/C(=C2\C(=O)N(CC(CCCC)CCCCCC)c3cc(Br)sc32)c2sc(Br)cc21. The molecule has 8 heteroatoms. The van der Waals surface area contributed by atoms with Gasteiger partial charge >= 0.3 is 0 Å². The van der Waals surface area contributed by atoms with Crippen molar-refractivity contribution in [1.29, 1.82) is 0 Å². The zero-order valence-electron chi connectivity index (χ0n) is 27.3. The molecular weight excluding hydrogens is 716 g/mol. The number of fused-ring (bicyclic) bond motifs is 2. The third kappa shape index (κ3) is 8.68. The van der Waals surface area contributed by atoms with E-state index in [2.05, 4.69) is 71.7 Å². The fourth-order valence-electron chi connectivity index (χ4n) is 6.83. The summed E-state index contributed by atoms with van der Waals surface area (Å²) in [5.74, 6) is 0.968. The van der Waals surface area contributed by atoms with Crippen LogP contribution >= 0.6 is 54.5 Å². The van der Waals surface area contributed by atoms with Crippen LogP contribution in [-0.4, -0.2) is 24.9 Å². The zero-order chi connectivity index (χ0) is 31.6. The first-order chi connectivity index (χ1) is 21.3. The van der Waals surface area contributed by atoms with Crippen LogP contribution in [0.2, 0.25) is 0 Å². The highest BCUT2D eigenvalue weighted by molar-refractivity contribution is 9.11. The summed E-state index contributed by atoms with van der Waals surface area (Å²) in [7, 11) is 0. The highest BCUT2D eigenvalue weighted by Gasteiger charge is 2.45. The van der Waals surface area contributed by atoms with Crippen LogP contribution in [-0.2, 0) is 9.59 Å². The molecule has 2 aromatic rings. The largest absolute Gasteiger partial charge is 0.306 e. The summed E-state index contributed by atoms with van der Waals surface area (Å²) in [6.07, 6.45) is 19.3. The third-order valence-corrected chi connectivity index (χ3v) is 12.6. The van der Waals surface area contributed by atoms with Gasteiger partial charge in [0.15, 0.2) is 0 Å². The van der Waals surface area contributed by atoms with Crippen LogP contribution in [0, 0.1) is 11.8 Å². The van der Waals surface area contributed by atoms with Crippen LogP contribution in [0.25, 0.3) is 11.1 Å². The van der Waals surface area contributed by atoms with Gasteiger partial charge in [-0.25, -0.2) is 0 Å². The molecule has 2 aromatic heterocycles. The monoisotopic (exact) mass is 766 g/mol. The van der Waals surface area contributed by atoms with E-state index in [1.165, 1.54) is 77.0 Å². The molecule has 0 radical (unpaired) electrons. The number of nitrogens with zero attached hydrogens (tertiary/aromatic N) is 2. The van der Waals surface area contributed by atoms with Gasteiger partial charge in [-0.1, -0.05) is 105 Å². The summed E-state index contributed by atoms with van der Waals surface area (Å²) >= 11 is 10.6. The van der Waals surface area contributed by atoms with Gasteiger partial charge < -0.3 is 9.80 Å². The highest BCUT2D eigenvalue weighted by atomic mass is 79.9. The summed E-state index contributed by atoms with van der Waals surface area (Å²) in [5.41, 5.74) is 3.19. The summed E-state index contributed by atoms with van der Waals surface area (Å²) in [4.78, 5) is 34.8. The lowest BCUT2D eigenvalue weighted by Crippen LogP contribution is -2.34. The Morgan fingerprint density at radius 1 is 0.568 bits per heavy atom. The van der Waals surface area contributed by atoms with Crippen LogP contribution in [0.5, 0.6) is 0 Å². The second kappa shape index (κ2) is 17.8. The van der Waals surface area contributed by atoms with E-state index < -0.39 is 0 Å². The van der Waals surface area contributed by atoms with Crippen molar-refractivity contribution in [2.24, 2.45) is 11.8 Å². The minimum absolute atomic E-state index is 0.0107. The van der Waals surface area contributed by atoms with Crippen molar-refractivity contribution in [3.8, 4) is 0 Å². The molecule has 4 rings (SSSR count). The van der Waals surface area contributed by atoms with Crippen molar-refractivity contribution in [2.75, 3.05) is 22.9 Å². The summed E-state index contributed by atoms with van der Waals surface area (Å²) in [6.45, 7) is 10.5. The number of thiophene rings is 2. The van der Waals surface area contributed by atoms with Gasteiger partial charge in [0, 0.05) is 13.1 Å². The number of rotatable bonds is 20. The van der Waals surface area contributed by atoms with Gasteiger partial charge in [0.05, 0.1) is 39.8 Å². The minimum atomic E-state index is 0.0107. The quantitative estimate of drug-likeness (QED) is 0.0994. The number of unbranched alkanes of at least 4 members (excludes halogenated alkanes) is 8. The predicted molar refractivity (Wildman–Crippen MR) is 199 cm³/mol. The normalized spacial score (nSPS) is 17.6. The molecule has 0 saturated heterocycles. The average Bonchev–Trinajstić information content (AvgIpc) is 3.70. The van der Waals surface area contributed by atoms with Crippen molar-refractivity contribution >= 4 is 88.9 Å². The van der Waals surface area contributed by atoms with Crippen LogP contribution in [0.4, 0.5) is 11.4 Å². The molecule has 0 fully saturated rings. The Kier molecular flexibility index (Phi) is 14.5. The standard InChI is InChI=1S/C36H52Br2N2O2S2/c1-5-9-13-15-19-25(17-11-7-3)23-39-27-21-29(37)43-33(27)31(35(39)41)32-34-28(22-30(38)44-34)40(36(32)42)24-26(18-12-8-4)20-16-14-10-6-2/h21-22,25-26H,5-20,23-24H2,1-4H3/b32-31-. The van der Waals surface area contributed by atoms with Gasteiger partial charge in [-0.2, -0.15) is 0 Å². The smallest absolute Gasteiger partial charge is 0.260 e. The molecular formula is C36H52Br2N2O2S2. The Hall–Kier alpha value is -0.960. The Bertz CT molecular complexity index is 1190. The molecule has 2 aliphatic rings. The Balaban J connectivity index is 1.65. The second-order valence-corrected chi connectivity index (χ2v) is 17.7. The van der Waals surface area contributed by atoms with E-state index in [0.717, 1.165) is 67.5 Å². The number of amides is 2. The zero-order valence-corrected chi connectivity index (χ0v) is 32.1. The molecule has 0 bridgehead atoms. The lowest BCUT2D eigenvalue weighted by molar-refractivity contribution is -0.114. The van der Waals surface area contributed by atoms with Gasteiger partial charge in [-0.05, 0) is 81.5 Å². The van der Waals surface area contributed by atoms with Gasteiger partial charge in [-0.3, -0.25) is 9.59 Å². The number of anilines is 2. The van der Waals surface area contributed by atoms with Crippen LogP contribution < -0.4 is 9.80 Å². The van der Waals surface area contributed by atoms with Gasteiger partial charge in [0.1, 0.15) is 0 Å². The molecule has 2 aliphatic heterocycles. The lowest BCUT2D eigenvalue weighted by atomic mass is 9.94. The third-order valence-electron chi connectivity index (χ3n) is 9.31. The van der Waals surface area contributed by atoms with E-state index >= 15 is 0 Å². The maximum Gasteiger partial charge on any atom is 0.260 e. The molecule has 2 unspecified atom stereocenters. The number of hydrogen-bond donors (Lipinski definition) is 0. The fourth-order valence-corrected chi connectivity index (χ4v) is 10.1. The molecule has 0 spiro atoms. The number of carbonyl (C=O) groups excluding carboxylic acids is 2. The van der Waals surface area contributed by atoms with E-state index in [4.69, 9.17) is 0 Å². The number of carbonyl (C=O) groups is 2. The molecule has 0 aromatic carbocycles. The van der Waals surface area contributed by atoms with Gasteiger partial charge in [0.2, 0.25) is 0 Å². The molecule has 244 valence electrons. The first-order valence-corrected chi connectivity index (χ1v) is 20.5. The van der Waals surface area contributed by atoms with E-state index in [9.17, 15) is 9.59 Å². The summed E-state index contributed by atoms with van der Waals surface area (Å²) in [6, 6.07) is 4.19. The maximum atomic E-state index is 14.4. The minimum Gasteiger partial charge on any atom is -0.306 e. The van der Waals surface area contributed by atoms with Gasteiger partial charge in [0.25, 0.3) is 11.8 Å². The Morgan fingerprint density at radius 2 is 0.932 bits per heavy atom. The topological polar surface area (TPSA) is 40.6 Å². The lowest BCUT2D eigenvalue weighted by Gasteiger charge is -2.25. The highest BCUT2D eigenvalue weighted by Crippen LogP contribution is 2.53. The van der Waals surface area contributed by atoms with E-state index in [0.29, 0.717) is 23.0 Å². The van der Waals surface area contributed by atoms with Crippen molar-refractivity contribution < 1.29 is 9.59 Å². The molecule has 44 heavy (non-hydrogen) atoms. The van der Waals surface area contributed by atoms with Crippen molar-refractivity contribution in [3.05, 3.63) is 29.5 Å². The van der Waals surface area contributed by atoms with Crippen molar-refractivity contribution in [3.63, 3.8) is 0 Å². The summed E-state index contributed by atoms with van der Waals surface area (Å²) in [5, 5.41) is 0. The first kappa shape index (κ1) is 35.9. The molecule has 2 amide bonds. The van der Waals surface area contributed by atoms with Crippen LogP contribution in [0.15, 0.2) is 19.7 Å². The van der Waals surface area contributed by atoms with E-state index in [1.54, 1.807) is 22.7 Å². The number of hydrogen-bond acceptors (Lipinski definition) is 4.